The number of nitrogens with one attached hydrogen (secondary N) is 2. The van der Waals surface area contributed by atoms with E-state index >= 15 is 0 Å². The van der Waals surface area contributed by atoms with Crippen LogP contribution in [0.25, 0.3) is 0 Å². The summed E-state index contributed by atoms with van der Waals surface area (Å²) < 4.78 is 26.8. The van der Waals surface area contributed by atoms with Crippen LogP contribution in [0.1, 0.15) is 16.7 Å². The zero-order chi connectivity index (χ0) is 14.8. The molecule has 0 amide bonds. The van der Waals surface area contributed by atoms with E-state index in [4.69, 9.17) is 0 Å². The second-order valence-electron chi connectivity index (χ2n) is 4.63. The van der Waals surface area contributed by atoms with Gasteiger partial charge in [0.05, 0.1) is 4.90 Å². The first-order chi connectivity index (χ1) is 9.37. The zero-order valence-electron chi connectivity index (χ0n) is 11.2. The molecule has 0 saturated heterocycles. The van der Waals surface area contributed by atoms with Crippen LogP contribution in [0.15, 0.2) is 40.2 Å². The number of hydrogen-bond donors (Lipinski definition) is 2. The van der Waals surface area contributed by atoms with Crippen molar-refractivity contribution in [1.82, 2.24) is 9.71 Å². The van der Waals surface area contributed by atoms with Crippen molar-refractivity contribution in [1.29, 1.82) is 0 Å². The number of thiophene rings is 1. The number of H-pyrrole nitrogens is 1. The molecule has 0 aliphatic carbocycles. The number of aromatic nitrogens is 1. The van der Waals surface area contributed by atoms with Gasteiger partial charge in [0.25, 0.3) is 0 Å². The van der Waals surface area contributed by atoms with Crippen LogP contribution in [0.3, 0.4) is 0 Å². The lowest BCUT2D eigenvalue weighted by Gasteiger charge is -2.13. The van der Waals surface area contributed by atoms with Crippen LogP contribution in [0.5, 0.6) is 0 Å². The van der Waals surface area contributed by atoms with Crippen LogP contribution in [0, 0.1) is 6.92 Å². The van der Waals surface area contributed by atoms with Gasteiger partial charge in [0, 0.05) is 28.1 Å². The molecule has 0 aromatic carbocycles. The van der Waals surface area contributed by atoms with Crippen molar-refractivity contribution in [2.45, 2.75) is 31.2 Å². The molecule has 0 bridgehead atoms. The molecule has 2 rings (SSSR count). The number of pyridine rings is 1. The molecule has 2 aromatic rings. The van der Waals surface area contributed by atoms with E-state index in [0.717, 1.165) is 4.88 Å². The molecular weight excluding hydrogens is 296 g/mol. The molecule has 2 heterocycles. The molecule has 2 aromatic heterocycles. The van der Waals surface area contributed by atoms with E-state index in [0.29, 0.717) is 6.42 Å². The fourth-order valence-corrected chi connectivity index (χ4v) is 4.06. The van der Waals surface area contributed by atoms with Gasteiger partial charge in [-0.15, -0.1) is 11.3 Å². The van der Waals surface area contributed by atoms with Gasteiger partial charge in [0.15, 0.2) is 0 Å². The van der Waals surface area contributed by atoms with Crippen LogP contribution in [0.2, 0.25) is 0 Å². The maximum atomic E-state index is 12.1. The molecule has 108 valence electrons. The normalized spacial score (nSPS) is 13.3. The van der Waals surface area contributed by atoms with Crippen LogP contribution in [0.4, 0.5) is 0 Å². The van der Waals surface area contributed by atoms with Crippen LogP contribution >= 0.6 is 11.3 Å². The second kappa shape index (κ2) is 5.90. The monoisotopic (exact) mass is 312 g/mol. The first kappa shape index (κ1) is 15.0. The minimum atomic E-state index is -3.61. The van der Waals surface area contributed by atoms with Gasteiger partial charge in [-0.1, -0.05) is 0 Å². The Kier molecular flexibility index (Phi) is 4.42. The van der Waals surface area contributed by atoms with Crippen LogP contribution < -0.4 is 10.3 Å². The van der Waals surface area contributed by atoms with Gasteiger partial charge in [-0.2, -0.15) is 0 Å². The third-order valence-corrected chi connectivity index (χ3v) is 5.34. The number of sulfonamides is 1. The maximum absolute atomic E-state index is 12.1. The van der Waals surface area contributed by atoms with Crippen LogP contribution in [-0.2, 0) is 16.4 Å². The molecule has 1 unspecified atom stereocenters. The van der Waals surface area contributed by atoms with Gasteiger partial charge >= 0.3 is 0 Å². The summed E-state index contributed by atoms with van der Waals surface area (Å²) in [6, 6.07) is 6.30. The Morgan fingerprint density at radius 2 is 2.05 bits per heavy atom. The highest BCUT2D eigenvalue weighted by molar-refractivity contribution is 7.89. The summed E-state index contributed by atoms with van der Waals surface area (Å²) >= 11 is 1.66. The minimum absolute atomic E-state index is 0.0614. The highest BCUT2D eigenvalue weighted by Crippen LogP contribution is 2.17. The molecule has 0 spiro atoms. The summed E-state index contributed by atoms with van der Waals surface area (Å²) in [4.78, 5) is 15.7. The van der Waals surface area contributed by atoms with Crippen molar-refractivity contribution in [3.05, 3.63) is 50.6 Å². The predicted molar refractivity (Wildman–Crippen MR) is 79.6 cm³/mol. The summed E-state index contributed by atoms with van der Waals surface area (Å²) in [6.45, 7) is 3.83. The standard InChI is InChI=1S/C13H16N2O3S2/c1-9(7-11-4-3-10(2)19-11)15-20(17,18)12-5-6-13(16)14-8-12/h3-6,8-9,15H,7H2,1-2H3,(H,14,16). The highest BCUT2D eigenvalue weighted by atomic mass is 32.2. The van der Waals surface area contributed by atoms with Crippen molar-refractivity contribution < 1.29 is 8.42 Å². The minimum Gasteiger partial charge on any atom is -0.328 e. The van der Waals surface area contributed by atoms with Gasteiger partial charge in [-0.05, 0) is 38.5 Å². The van der Waals surface area contributed by atoms with Gasteiger partial charge in [-0.3, -0.25) is 4.79 Å². The lowest BCUT2D eigenvalue weighted by atomic mass is 10.2. The Hall–Kier alpha value is -1.44. The van der Waals surface area contributed by atoms with Crippen molar-refractivity contribution in [3.63, 3.8) is 0 Å². The molecule has 2 N–H and O–H groups in total. The van der Waals surface area contributed by atoms with Crippen molar-refractivity contribution in [3.8, 4) is 0 Å². The SMILES string of the molecule is Cc1ccc(CC(C)NS(=O)(=O)c2ccc(=O)[nH]c2)s1. The molecule has 0 aliphatic rings. The Balaban J connectivity index is 2.07. The summed E-state index contributed by atoms with van der Waals surface area (Å²) in [5.74, 6) is 0. The first-order valence-corrected chi connectivity index (χ1v) is 8.43. The molecule has 0 radical (unpaired) electrons. The summed E-state index contributed by atoms with van der Waals surface area (Å²) in [7, 11) is -3.61. The van der Waals surface area contributed by atoms with Gasteiger partial charge in [0.2, 0.25) is 15.6 Å². The Bertz CT molecular complexity index is 726. The van der Waals surface area contributed by atoms with E-state index in [1.54, 1.807) is 11.3 Å². The number of rotatable bonds is 5. The van der Waals surface area contributed by atoms with Gasteiger partial charge < -0.3 is 4.98 Å². The van der Waals surface area contributed by atoms with E-state index in [1.165, 1.54) is 23.2 Å². The average Bonchev–Trinajstić information content (AvgIpc) is 2.74. The van der Waals surface area contributed by atoms with E-state index < -0.39 is 10.0 Å². The molecule has 7 heteroatoms. The molecular formula is C13H16N2O3S2. The molecule has 0 aliphatic heterocycles. The molecule has 0 saturated carbocycles. The molecule has 5 nitrogen and oxygen atoms in total. The van der Waals surface area contributed by atoms with E-state index in [-0.39, 0.29) is 16.5 Å². The van der Waals surface area contributed by atoms with Crippen molar-refractivity contribution in [2.24, 2.45) is 0 Å². The Labute approximate surface area is 121 Å². The zero-order valence-corrected chi connectivity index (χ0v) is 12.8. The molecule has 1 atom stereocenters. The first-order valence-electron chi connectivity index (χ1n) is 6.13. The maximum Gasteiger partial charge on any atom is 0.247 e. The number of aromatic amines is 1. The van der Waals surface area contributed by atoms with Crippen molar-refractivity contribution in [2.75, 3.05) is 0 Å². The highest BCUT2D eigenvalue weighted by Gasteiger charge is 2.18. The average molecular weight is 312 g/mol. The lowest BCUT2D eigenvalue weighted by molar-refractivity contribution is 0.560. The third kappa shape index (κ3) is 3.78. The summed E-state index contributed by atoms with van der Waals surface area (Å²) in [6.07, 6.45) is 1.84. The Morgan fingerprint density at radius 3 is 2.60 bits per heavy atom. The van der Waals surface area contributed by atoms with E-state index in [1.807, 2.05) is 26.0 Å². The topological polar surface area (TPSA) is 79.0 Å². The summed E-state index contributed by atoms with van der Waals surface area (Å²) in [5.41, 5.74) is -0.328. The fourth-order valence-electron chi connectivity index (χ4n) is 1.83. The lowest BCUT2D eigenvalue weighted by Crippen LogP contribution is -2.34. The van der Waals surface area contributed by atoms with E-state index in [2.05, 4.69) is 9.71 Å². The molecule has 20 heavy (non-hydrogen) atoms. The number of aryl methyl sites for hydroxylation is 1. The Morgan fingerprint density at radius 1 is 1.30 bits per heavy atom. The van der Waals surface area contributed by atoms with E-state index in [9.17, 15) is 13.2 Å². The fraction of sp³-hybridized carbons (Fsp3) is 0.308. The predicted octanol–water partition coefficient (Wildman–Crippen LogP) is 1.65. The largest absolute Gasteiger partial charge is 0.328 e. The van der Waals surface area contributed by atoms with Crippen molar-refractivity contribution >= 4 is 21.4 Å². The van der Waals surface area contributed by atoms with Gasteiger partial charge in [-0.25, -0.2) is 13.1 Å². The summed E-state index contributed by atoms with van der Waals surface area (Å²) in [5, 5.41) is 0. The van der Waals surface area contributed by atoms with Crippen LogP contribution in [-0.4, -0.2) is 19.4 Å². The smallest absolute Gasteiger partial charge is 0.247 e. The second-order valence-corrected chi connectivity index (χ2v) is 7.71. The molecule has 0 fully saturated rings. The van der Waals surface area contributed by atoms with Gasteiger partial charge in [0.1, 0.15) is 0 Å². The third-order valence-electron chi connectivity index (χ3n) is 2.73. The number of hydrogen-bond acceptors (Lipinski definition) is 4. The quantitative estimate of drug-likeness (QED) is 0.881.